The molecule has 1 atom stereocenters. The van der Waals surface area contributed by atoms with Crippen LogP contribution in [0.5, 0.6) is 0 Å². The van der Waals surface area contributed by atoms with E-state index >= 15 is 0 Å². The number of nitrogens with two attached hydrogens (primary N) is 1. The molecular formula is C12H22N4O. The maximum atomic E-state index is 5.72. The average Bonchev–Trinajstić information content (AvgIpc) is 2.78. The molecule has 0 unspecified atom stereocenters. The van der Waals surface area contributed by atoms with E-state index in [1.807, 2.05) is 0 Å². The van der Waals surface area contributed by atoms with Gasteiger partial charge in [0.1, 0.15) is 0 Å². The van der Waals surface area contributed by atoms with Gasteiger partial charge >= 0.3 is 0 Å². The van der Waals surface area contributed by atoms with Crippen molar-refractivity contribution >= 4 is 0 Å². The van der Waals surface area contributed by atoms with E-state index in [2.05, 4.69) is 28.9 Å². The zero-order valence-electron chi connectivity index (χ0n) is 10.7. The van der Waals surface area contributed by atoms with Gasteiger partial charge in [-0.1, -0.05) is 19.0 Å². The Labute approximate surface area is 102 Å². The van der Waals surface area contributed by atoms with Crippen LogP contribution in [0.15, 0.2) is 4.52 Å². The number of piperidine rings is 1. The maximum absolute atomic E-state index is 5.72. The van der Waals surface area contributed by atoms with Gasteiger partial charge < -0.3 is 10.3 Å². The first-order valence-electron chi connectivity index (χ1n) is 6.44. The molecule has 2 N–H and O–H groups in total. The van der Waals surface area contributed by atoms with Crippen LogP contribution in [-0.4, -0.2) is 34.7 Å². The summed E-state index contributed by atoms with van der Waals surface area (Å²) in [5.74, 6) is 2.47. The van der Waals surface area contributed by atoms with Crippen molar-refractivity contribution in [2.75, 3.05) is 19.6 Å². The largest absolute Gasteiger partial charge is 0.338 e. The summed E-state index contributed by atoms with van der Waals surface area (Å²) < 4.78 is 5.26. The van der Waals surface area contributed by atoms with Gasteiger partial charge in [0, 0.05) is 12.5 Å². The standard InChI is InChI=1S/C12H22N4O/c1-9(2)12-14-11(17-15-12)8-16-5-3-4-10(6-13)7-16/h9-10H,3-8,13H2,1-2H3/t10-/m0/s1. The predicted octanol–water partition coefficient (Wildman–Crippen LogP) is 1.36. The summed E-state index contributed by atoms with van der Waals surface area (Å²) in [4.78, 5) is 6.76. The van der Waals surface area contributed by atoms with Crippen LogP contribution in [0.25, 0.3) is 0 Å². The van der Waals surface area contributed by atoms with Crippen molar-refractivity contribution in [3.8, 4) is 0 Å². The lowest BCUT2D eigenvalue weighted by Crippen LogP contribution is -2.37. The van der Waals surface area contributed by atoms with E-state index in [1.54, 1.807) is 0 Å². The second-order valence-corrected chi connectivity index (χ2v) is 5.18. The van der Waals surface area contributed by atoms with Crippen molar-refractivity contribution in [1.82, 2.24) is 15.0 Å². The van der Waals surface area contributed by atoms with E-state index in [0.717, 1.165) is 37.9 Å². The van der Waals surface area contributed by atoms with Crippen LogP contribution in [0, 0.1) is 5.92 Å². The van der Waals surface area contributed by atoms with Crippen LogP contribution in [0.4, 0.5) is 0 Å². The highest BCUT2D eigenvalue weighted by Gasteiger charge is 2.20. The molecule has 2 heterocycles. The second kappa shape index (κ2) is 5.60. The molecule has 1 aromatic rings. The van der Waals surface area contributed by atoms with Crippen LogP contribution in [0.3, 0.4) is 0 Å². The summed E-state index contributed by atoms with van der Waals surface area (Å²) in [6, 6.07) is 0. The van der Waals surface area contributed by atoms with Gasteiger partial charge in [0.2, 0.25) is 5.89 Å². The van der Waals surface area contributed by atoms with Gasteiger partial charge in [-0.2, -0.15) is 4.98 Å². The van der Waals surface area contributed by atoms with E-state index in [0.29, 0.717) is 11.8 Å². The molecule has 96 valence electrons. The molecule has 0 radical (unpaired) electrons. The monoisotopic (exact) mass is 238 g/mol. The number of aromatic nitrogens is 2. The normalized spacial score (nSPS) is 22.2. The van der Waals surface area contributed by atoms with Crippen molar-refractivity contribution in [3.05, 3.63) is 11.7 Å². The molecule has 5 nitrogen and oxygen atoms in total. The smallest absolute Gasteiger partial charge is 0.240 e. The summed E-state index contributed by atoms with van der Waals surface area (Å²) in [6.07, 6.45) is 2.46. The van der Waals surface area contributed by atoms with Crippen LogP contribution in [0.1, 0.15) is 44.3 Å². The Morgan fingerprint density at radius 2 is 2.35 bits per heavy atom. The SMILES string of the molecule is CC(C)c1noc(CN2CCC[C@@H](CN)C2)n1. The highest BCUT2D eigenvalue weighted by Crippen LogP contribution is 2.18. The summed E-state index contributed by atoms with van der Waals surface area (Å²) in [7, 11) is 0. The van der Waals surface area contributed by atoms with E-state index in [9.17, 15) is 0 Å². The topological polar surface area (TPSA) is 68.2 Å². The molecule has 0 amide bonds. The van der Waals surface area contributed by atoms with E-state index < -0.39 is 0 Å². The van der Waals surface area contributed by atoms with Gasteiger partial charge in [-0.25, -0.2) is 0 Å². The number of rotatable bonds is 4. The third-order valence-electron chi connectivity index (χ3n) is 3.30. The molecule has 0 spiro atoms. The van der Waals surface area contributed by atoms with Gasteiger partial charge in [0.25, 0.3) is 0 Å². The number of nitrogens with zero attached hydrogens (tertiary/aromatic N) is 3. The molecule has 2 rings (SSSR count). The molecule has 1 aromatic heterocycles. The molecule has 1 fully saturated rings. The van der Waals surface area contributed by atoms with Crippen molar-refractivity contribution in [1.29, 1.82) is 0 Å². The van der Waals surface area contributed by atoms with Crippen molar-refractivity contribution in [3.63, 3.8) is 0 Å². The van der Waals surface area contributed by atoms with Crippen LogP contribution in [-0.2, 0) is 6.54 Å². The highest BCUT2D eigenvalue weighted by molar-refractivity contribution is 4.92. The second-order valence-electron chi connectivity index (χ2n) is 5.18. The summed E-state index contributed by atoms with van der Waals surface area (Å²) in [5, 5.41) is 3.98. The fourth-order valence-electron chi connectivity index (χ4n) is 2.25. The minimum atomic E-state index is 0.325. The Hall–Kier alpha value is -0.940. The molecular weight excluding hydrogens is 216 g/mol. The van der Waals surface area contributed by atoms with Gasteiger partial charge in [-0.3, -0.25) is 4.90 Å². The molecule has 17 heavy (non-hydrogen) atoms. The first kappa shape index (κ1) is 12.5. The minimum absolute atomic E-state index is 0.325. The zero-order chi connectivity index (χ0) is 12.3. The van der Waals surface area contributed by atoms with Gasteiger partial charge in [-0.05, 0) is 31.8 Å². The van der Waals surface area contributed by atoms with Crippen LogP contribution < -0.4 is 5.73 Å². The zero-order valence-corrected chi connectivity index (χ0v) is 10.7. The fourth-order valence-corrected chi connectivity index (χ4v) is 2.25. The average molecular weight is 238 g/mol. The van der Waals surface area contributed by atoms with Crippen molar-refractivity contribution in [2.24, 2.45) is 11.7 Å². The summed E-state index contributed by atoms with van der Waals surface area (Å²) in [6.45, 7) is 7.83. The van der Waals surface area contributed by atoms with Crippen LogP contribution in [0.2, 0.25) is 0 Å². The molecule has 5 heteroatoms. The third kappa shape index (κ3) is 3.26. The fraction of sp³-hybridized carbons (Fsp3) is 0.833. The lowest BCUT2D eigenvalue weighted by atomic mass is 9.98. The molecule has 1 aliphatic heterocycles. The summed E-state index contributed by atoms with van der Waals surface area (Å²) in [5.41, 5.74) is 5.72. The van der Waals surface area contributed by atoms with Crippen molar-refractivity contribution in [2.45, 2.75) is 39.2 Å². The molecule has 0 saturated carbocycles. The first-order chi connectivity index (χ1) is 8.19. The summed E-state index contributed by atoms with van der Waals surface area (Å²) >= 11 is 0. The highest BCUT2D eigenvalue weighted by atomic mass is 16.5. The Morgan fingerprint density at radius 1 is 1.53 bits per heavy atom. The van der Waals surface area contributed by atoms with E-state index in [4.69, 9.17) is 10.3 Å². The van der Waals surface area contributed by atoms with Crippen LogP contribution >= 0.6 is 0 Å². The minimum Gasteiger partial charge on any atom is -0.338 e. The van der Waals surface area contributed by atoms with E-state index in [-0.39, 0.29) is 0 Å². The Kier molecular flexibility index (Phi) is 4.12. The van der Waals surface area contributed by atoms with Crippen molar-refractivity contribution < 1.29 is 4.52 Å². The molecule has 0 aliphatic carbocycles. The Morgan fingerprint density at radius 3 is 3.00 bits per heavy atom. The van der Waals surface area contributed by atoms with Gasteiger partial charge in [-0.15, -0.1) is 0 Å². The number of hydrogen-bond acceptors (Lipinski definition) is 5. The molecule has 0 aromatic carbocycles. The first-order valence-corrected chi connectivity index (χ1v) is 6.44. The lowest BCUT2D eigenvalue weighted by Gasteiger charge is -2.30. The lowest BCUT2D eigenvalue weighted by molar-refractivity contribution is 0.153. The van der Waals surface area contributed by atoms with E-state index in [1.165, 1.54) is 12.8 Å². The predicted molar refractivity (Wildman–Crippen MR) is 65.4 cm³/mol. The molecule has 1 saturated heterocycles. The molecule has 0 bridgehead atoms. The quantitative estimate of drug-likeness (QED) is 0.858. The maximum Gasteiger partial charge on any atom is 0.240 e. The Balaban J connectivity index is 1.91. The number of likely N-dealkylation sites (tertiary alicyclic amines) is 1. The third-order valence-corrected chi connectivity index (χ3v) is 3.30. The molecule has 1 aliphatic rings. The van der Waals surface area contributed by atoms with Gasteiger partial charge in [0.15, 0.2) is 5.82 Å². The van der Waals surface area contributed by atoms with Gasteiger partial charge in [0.05, 0.1) is 6.54 Å². The Bertz CT molecular complexity index is 350. The number of hydrogen-bond donors (Lipinski definition) is 1.